The van der Waals surface area contributed by atoms with E-state index in [2.05, 4.69) is 15.9 Å². The first-order chi connectivity index (χ1) is 9.93. The highest BCUT2D eigenvalue weighted by atomic mass is 127. The van der Waals surface area contributed by atoms with E-state index in [0.29, 0.717) is 20.2 Å². The summed E-state index contributed by atoms with van der Waals surface area (Å²) in [6.07, 6.45) is 2.35. The van der Waals surface area contributed by atoms with E-state index >= 15 is 0 Å². The zero-order valence-electron chi connectivity index (χ0n) is 11.3. The lowest BCUT2D eigenvalue weighted by molar-refractivity contribution is 0.563. The van der Waals surface area contributed by atoms with Crippen LogP contribution < -0.4 is 11.2 Å². The Bertz CT molecular complexity index is 786. The van der Waals surface area contributed by atoms with E-state index < -0.39 is 5.82 Å². The maximum Gasteiger partial charge on any atom is 0.331 e. The molecule has 0 saturated carbocycles. The summed E-state index contributed by atoms with van der Waals surface area (Å²) >= 11 is 5.22. The Morgan fingerprint density at radius 3 is 2.71 bits per heavy atom. The average molecular weight is 467 g/mol. The van der Waals surface area contributed by atoms with Gasteiger partial charge in [-0.2, -0.15) is 0 Å². The SMILES string of the molecule is CCCn1cc(I)c(=O)n(Cc2cc(F)ccc2Br)c1=O. The fraction of sp³-hybridized carbons (Fsp3) is 0.286. The molecule has 0 atom stereocenters. The van der Waals surface area contributed by atoms with Gasteiger partial charge < -0.3 is 0 Å². The Kier molecular flexibility index (Phi) is 5.37. The third-order valence-corrected chi connectivity index (χ3v) is 4.51. The van der Waals surface area contributed by atoms with Gasteiger partial charge in [0.2, 0.25) is 0 Å². The predicted octanol–water partition coefficient (Wildman–Crippen LogP) is 2.97. The standard InChI is InChI=1S/C14H13BrFIN2O2/c1-2-5-18-8-12(17)13(20)19(14(18)21)7-9-6-10(16)3-4-11(9)15/h3-4,6,8H,2,5,7H2,1H3. The van der Waals surface area contributed by atoms with Crippen LogP contribution in [0.15, 0.2) is 38.5 Å². The Morgan fingerprint density at radius 1 is 1.33 bits per heavy atom. The van der Waals surface area contributed by atoms with Crippen molar-refractivity contribution in [1.82, 2.24) is 9.13 Å². The highest BCUT2D eigenvalue weighted by Crippen LogP contribution is 2.18. The highest BCUT2D eigenvalue weighted by Gasteiger charge is 2.12. The molecule has 0 N–H and O–H groups in total. The lowest BCUT2D eigenvalue weighted by atomic mass is 10.2. The fourth-order valence-corrected chi connectivity index (χ4v) is 2.99. The second kappa shape index (κ2) is 6.87. The van der Waals surface area contributed by atoms with Gasteiger partial charge in [-0.15, -0.1) is 0 Å². The third kappa shape index (κ3) is 3.63. The maximum absolute atomic E-state index is 13.3. The van der Waals surface area contributed by atoms with Crippen molar-refractivity contribution in [2.24, 2.45) is 0 Å². The largest absolute Gasteiger partial charge is 0.331 e. The smallest absolute Gasteiger partial charge is 0.299 e. The van der Waals surface area contributed by atoms with Crippen molar-refractivity contribution >= 4 is 38.5 Å². The molecule has 0 aliphatic heterocycles. The molecule has 4 nitrogen and oxygen atoms in total. The van der Waals surface area contributed by atoms with Crippen molar-refractivity contribution in [3.63, 3.8) is 0 Å². The number of hydrogen-bond acceptors (Lipinski definition) is 2. The number of rotatable bonds is 4. The van der Waals surface area contributed by atoms with E-state index in [1.54, 1.807) is 12.3 Å². The summed E-state index contributed by atoms with van der Waals surface area (Å²) in [7, 11) is 0. The van der Waals surface area contributed by atoms with Crippen LogP contribution in [0.4, 0.5) is 4.39 Å². The zero-order chi connectivity index (χ0) is 15.6. The van der Waals surface area contributed by atoms with Crippen LogP contribution in [0.1, 0.15) is 18.9 Å². The second-order valence-corrected chi connectivity index (χ2v) is 6.60. The molecule has 2 aromatic rings. The summed E-state index contributed by atoms with van der Waals surface area (Å²) in [6, 6.07) is 4.20. The third-order valence-electron chi connectivity index (χ3n) is 3.00. The van der Waals surface area contributed by atoms with Gasteiger partial charge in [0, 0.05) is 17.2 Å². The Labute approximate surface area is 142 Å². The molecule has 112 valence electrons. The molecule has 0 fully saturated rings. The number of aromatic nitrogens is 2. The topological polar surface area (TPSA) is 44.0 Å². The molecule has 1 aromatic heterocycles. The van der Waals surface area contributed by atoms with Gasteiger partial charge >= 0.3 is 5.69 Å². The van der Waals surface area contributed by atoms with Gasteiger partial charge in [0.25, 0.3) is 5.56 Å². The van der Waals surface area contributed by atoms with Crippen LogP contribution in [-0.4, -0.2) is 9.13 Å². The molecule has 1 heterocycles. The molecule has 0 amide bonds. The maximum atomic E-state index is 13.3. The minimum Gasteiger partial charge on any atom is -0.299 e. The molecular formula is C14H13BrFIN2O2. The molecule has 7 heteroatoms. The number of hydrogen-bond donors (Lipinski definition) is 0. The van der Waals surface area contributed by atoms with Crippen LogP contribution >= 0.6 is 38.5 Å². The van der Waals surface area contributed by atoms with Gasteiger partial charge in [-0.3, -0.25) is 13.9 Å². The van der Waals surface area contributed by atoms with Crippen molar-refractivity contribution in [3.05, 3.63) is 64.7 Å². The van der Waals surface area contributed by atoms with Crippen LogP contribution in [-0.2, 0) is 13.1 Å². The molecule has 21 heavy (non-hydrogen) atoms. The molecule has 0 aliphatic carbocycles. The summed E-state index contributed by atoms with van der Waals surface area (Å²) in [4.78, 5) is 24.5. The summed E-state index contributed by atoms with van der Waals surface area (Å²) in [5.74, 6) is -0.402. The lowest BCUT2D eigenvalue weighted by Crippen LogP contribution is -2.41. The predicted molar refractivity (Wildman–Crippen MR) is 91.2 cm³/mol. The quantitative estimate of drug-likeness (QED) is 0.650. The highest BCUT2D eigenvalue weighted by molar-refractivity contribution is 14.1. The van der Waals surface area contributed by atoms with Crippen molar-refractivity contribution < 1.29 is 4.39 Å². The van der Waals surface area contributed by atoms with Crippen LogP contribution in [0, 0.1) is 9.39 Å². The Hall–Kier alpha value is -0.960. The first kappa shape index (κ1) is 16.4. The Balaban J connectivity index is 2.56. The van der Waals surface area contributed by atoms with E-state index in [9.17, 15) is 14.0 Å². The van der Waals surface area contributed by atoms with Crippen LogP contribution in [0.2, 0.25) is 0 Å². The van der Waals surface area contributed by atoms with Gasteiger partial charge in [-0.1, -0.05) is 22.9 Å². The van der Waals surface area contributed by atoms with E-state index in [0.717, 1.165) is 11.0 Å². The Morgan fingerprint density at radius 2 is 2.05 bits per heavy atom. The molecule has 0 saturated heterocycles. The first-order valence-electron chi connectivity index (χ1n) is 6.37. The van der Waals surface area contributed by atoms with E-state index in [4.69, 9.17) is 0 Å². The molecule has 0 unspecified atom stereocenters. The molecule has 2 rings (SSSR count). The minimum absolute atomic E-state index is 0.0383. The molecule has 0 radical (unpaired) electrons. The van der Waals surface area contributed by atoms with E-state index in [-0.39, 0.29) is 17.8 Å². The van der Waals surface area contributed by atoms with Crippen molar-refractivity contribution in [2.75, 3.05) is 0 Å². The lowest BCUT2D eigenvalue weighted by Gasteiger charge is -2.11. The monoisotopic (exact) mass is 466 g/mol. The summed E-state index contributed by atoms with van der Waals surface area (Å²) in [5.41, 5.74) is -0.179. The average Bonchev–Trinajstić information content (AvgIpc) is 2.44. The van der Waals surface area contributed by atoms with Gasteiger partial charge in [0.05, 0.1) is 10.1 Å². The molecule has 0 bridgehead atoms. The summed E-state index contributed by atoms with van der Waals surface area (Å²) in [5, 5.41) is 0. The van der Waals surface area contributed by atoms with Gasteiger partial charge in [0.1, 0.15) is 5.82 Å². The van der Waals surface area contributed by atoms with Gasteiger partial charge in [0.15, 0.2) is 0 Å². The van der Waals surface area contributed by atoms with Crippen LogP contribution in [0.25, 0.3) is 0 Å². The summed E-state index contributed by atoms with van der Waals surface area (Å²) in [6.45, 7) is 2.54. The minimum atomic E-state index is -0.402. The van der Waals surface area contributed by atoms with E-state index in [1.807, 2.05) is 29.5 Å². The number of aryl methyl sites for hydroxylation is 1. The summed E-state index contributed by atoms with van der Waals surface area (Å²) < 4.78 is 17.1. The second-order valence-electron chi connectivity index (χ2n) is 4.58. The van der Waals surface area contributed by atoms with Gasteiger partial charge in [-0.25, -0.2) is 9.18 Å². The molecule has 1 aromatic carbocycles. The number of halogens is 3. The number of nitrogens with zero attached hydrogens (tertiary/aromatic N) is 2. The van der Waals surface area contributed by atoms with Crippen molar-refractivity contribution in [1.29, 1.82) is 0 Å². The van der Waals surface area contributed by atoms with Crippen molar-refractivity contribution in [3.8, 4) is 0 Å². The zero-order valence-corrected chi connectivity index (χ0v) is 15.0. The van der Waals surface area contributed by atoms with Crippen molar-refractivity contribution in [2.45, 2.75) is 26.4 Å². The first-order valence-corrected chi connectivity index (χ1v) is 8.25. The molecular weight excluding hydrogens is 454 g/mol. The molecule has 0 spiro atoms. The van der Waals surface area contributed by atoms with Gasteiger partial charge in [-0.05, 0) is 52.8 Å². The van der Waals surface area contributed by atoms with Crippen LogP contribution in [0.3, 0.4) is 0 Å². The van der Waals surface area contributed by atoms with Crippen LogP contribution in [0.5, 0.6) is 0 Å². The number of benzene rings is 1. The molecule has 0 aliphatic rings. The fourth-order valence-electron chi connectivity index (χ4n) is 1.99. The normalized spacial score (nSPS) is 10.9. The van der Waals surface area contributed by atoms with E-state index in [1.165, 1.54) is 16.7 Å².